The predicted molar refractivity (Wildman–Crippen MR) is 133 cm³/mol. The highest BCUT2D eigenvalue weighted by atomic mass is 16.5. The Bertz CT molecular complexity index is 1320. The number of ether oxygens (including phenoxy) is 2. The van der Waals surface area contributed by atoms with Crippen molar-refractivity contribution in [1.82, 2.24) is 20.3 Å². The molecule has 9 heteroatoms. The van der Waals surface area contributed by atoms with Gasteiger partial charge in [-0.2, -0.15) is 0 Å². The zero-order valence-electron chi connectivity index (χ0n) is 19.8. The summed E-state index contributed by atoms with van der Waals surface area (Å²) in [6, 6.07) is 14.9. The fourth-order valence-electron chi connectivity index (χ4n) is 3.46. The first-order valence-electron chi connectivity index (χ1n) is 11.2. The maximum Gasteiger partial charge on any atom is 0.260 e. The van der Waals surface area contributed by atoms with E-state index in [4.69, 9.17) is 14.6 Å². The third kappa shape index (κ3) is 5.82. The van der Waals surface area contributed by atoms with Crippen LogP contribution in [0, 0.1) is 13.8 Å². The number of hydrogen-bond acceptors (Lipinski definition) is 8. The van der Waals surface area contributed by atoms with Crippen molar-refractivity contribution in [3.63, 3.8) is 0 Å². The Labute approximate surface area is 203 Å². The van der Waals surface area contributed by atoms with E-state index in [1.165, 1.54) is 6.33 Å². The van der Waals surface area contributed by atoms with E-state index in [2.05, 4.69) is 25.6 Å². The minimum atomic E-state index is -0.768. The molecule has 2 aromatic heterocycles. The van der Waals surface area contributed by atoms with Crippen molar-refractivity contribution in [3.8, 4) is 17.2 Å². The lowest BCUT2D eigenvalue weighted by Gasteiger charge is -2.17. The molecule has 0 bridgehead atoms. The summed E-state index contributed by atoms with van der Waals surface area (Å²) in [5, 5.41) is 15.5. The number of aryl methyl sites for hydroxylation is 2. The average Bonchev–Trinajstić information content (AvgIpc) is 2.85. The number of anilines is 2. The summed E-state index contributed by atoms with van der Waals surface area (Å²) < 4.78 is 11.9. The Hall–Kier alpha value is -4.24. The van der Waals surface area contributed by atoms with Gasteiger partial charge in [-0.3, -0.25) is 9.78 Å². The molecule has 35 heavy (non-hydrogen) atoms. The van der Waals surface area contributed by atoms with Gasteiger partial charge in [-0.1, -0.05) is 6.07 Å². The summed E-state index contributed by atoms with van der Waals surface area (Å²) in [4.78, 5) is 25.2. The first kappa shape index (κ1) is 23.9. The molecular formula is C26H27N5O4. The van der Waals surface area contributed by atoms with Gasteiger partial charge in [0.15, 0.2) is 6.10 Å². The summed E-state index contributed by atoms with van der Waals surface area (Å²) in [6.07, 6.45) is 2.40. The van der Waals surface area contributed by atoms with Gasteiger partial charge in [0.05, 0.1) is 23.7 Å². The summed E-state index contributed by atoms with van der Waals surface area (Å²) in [6.45, 7) is 5.56. The number of benzene rings is 2. The maximum absolute atomic E-state index is 12.2. The number of carbonyl (C=O) groups is 1. The minimum Gasteiger partial charge on any atom is -0.480 e. The molecule has 0 aliphatic rings. The number of rotatable bonds is 9. The molecule has 4 rings (SSSR count). The number of nitrogens with one attached hydrogen (secondary N) is 2. The second-order valence-corrected chi connectivity index (χ2v) is 7.99. The van der Waals surface area contributed by atoms with Crippen molar-refractivity contribution < 1.29 is 19.4 Å². The standard InChI is InChI=1S/C26H27N5O4/c1-16-13-19(8-10-22(16)35-20-9-7-17(2)28-14-20)31-25-24-21(29-15-30-25)5-4-6-23(24)34-18(3)26(33)27-11-12-32/h4-10,13-15,18,32H,11-12H2,1-3H3,(H,27,33)(H,29,30,31)/t18-/m0/s1. The Kier molecular flexibility index (Phi) is 7.37. The largest absolute Gasteiger partial charge is 0.480 e. The molecule has 0 saturated heterocycles. The smallest absolute Gasteiger partial charge is 0.260 e. The van der Waals surface area contributed by atoms with E-state index in [1.807, 2.05) is 56.3 Å². The molecule has 4 aromatic rings. The fourth-order valence-corrected chi connectivity index (χ4v) is 3.46. The van der Waals surface area contributed by atoms with Crippen LogP contribution in [-0.2, 0) is 4.79 Å². The van der Waals surface area contributed by atoms with Gasteiger partial charge >= 0.3 is 0 Å². The third-order valence-corrected chi connectivity index (χ3v) is 5.26. The SMILES string of the molecule is Cc1ccc(Oc2ccc(Nc3ncnc4cccc(O[C@@H](C)C(=O)NCCO)c34)cc2C)cn1. The van der Waals surface area contributed by atoms with Gasteiger partial charge in [0.2, 0.25) is 0 Å². The van der Waals surface area contributed by atoms with Crippen molar-refractivity contribution in [2.75, 3.05) is 18.5 Å². The highest BCUT2D eigenvalue weighted by molar-refractivity contribution is 5.96. The van der Waals surface area contributed by atoms with Crippen LogP contribution in [0.5, 0.6) is 17.2 Å². The number of pyridine rings is 1. The van der Waals surface area contributed by atoms with Crippen LogP contribution in [0.1, 0.15) is 18.2 Å². The Balaban J connectivity index is 1.57. The van der Waals surface area contributed by atoms with Gasteiger partial charge in [0, 0.05) is 17.9 Å². The molecule has 3 N–H and O–H groups in total. The summed E-state index contributed by atoms with van der Waals surface area (Å²) in [5.74, 6) is 2.09. The van der Waals surface area contributed by atoms with Crippen LogP contribution in [0.25, 0.3) is 10.9 Å². The molecule has 0 spiro atoms. The zero-order valence-corrected chi connectivity index (χ0v) is 19.8. The minimum absolute atomic E-state index is 0.139. The zero-order chi connectivity index (χ0) is 24.8. The van der Waals surface area contributed by atoms with Crippen LogP contribution in [0.2, 0.25) is 0 Å². The average molecular weight is 474 g/mol. The van der Waals surface area contributed by atoms with Crippen LogP contribution in [0.3, 0.4) is 0 Å². The number of nitrogens with zero attached hydrogens (tertiary/aromatic N) is 3. The monoisotopic (exact) mass is 473 g/mol. The number of fused-ring (bicyclic) bond motifs is 1. The molecule has 1 amide bonds. The van der Waals surface area contributed by atoms with Crippen LogP contribution in [-0.4, -0.2) is 45.2 Å². The molecule has 0 aliphatic heterocycles. The van der Waals surface area contributed by atoms with Crippen molar-refractivity contribution in [3.05, 3.63) is 72.3 Å². The normalized spacial score (nSPS) is 11.7. The van der Waals surface area contributed by atoms with Crippen LogP contribution in [0.15, 0.2) is 61.1 Å². The molecule has 1 atom stereocenters. The molecule has 2 aromatic carbocycles. The number of amides is 1. The summed E-state index contributed by atoms with van der Waals surface area (Å²) in [7, 11) is 0. The Morgan fingerprint density at radius 2 is 1.91 bits per heavy atom. The molecule has 0 unspecified atom stereocenters. The van der Waals surface area contributed by atoms with E-state index in [-0.39, 0.29) is 19.1 Å². The number of hydrogen-bond donors (Lipinski definition) is 3. The quantitative estimate of drug-likeness (QED) is 0.333. The number of aliphatic hydroxyl groups is 1. The third-order valence-electron chi connectivity index (χ3n) is 5.26. The highest BCUT2D eigenvalue weighted by Gasteiger charge is 2.18. The van der Waals surface area contributed by atoms with Crippen molar-refractivity contribution in [2.24, 2.45) is 0 Å². The lowest BCUT2D eigenvalue weighted by atomic mass is 10.1. The highest BCUT2D eigenvalue weighted by Crippen LogP contribution is 2.33. The van der Waals surface area contributed by atoms with E-state index >= 15 is 0 Å². The first-order valence-corrected chi connectivity index (χ1v) is 11.2. The Morgan fingerprint density at radius 1 is 1.06 bits per heavy atom. The molecular weight excluding hydrogens is 446 g/mol. The maximum atomic E-state index is 12.2. The van der Waals surface area contributed by atoms with E-state index < -0.39 is 6.10 Å². The number of aliphatic hydroxyl groups excluding tert-OH is 1. The lowest BCUT2D eigenvalue weighted by Crippen LogP contribution is -2.37. The number of aromatic nitrogens is 3. The van der Waals surface area contributed by atoms with Crippen molar-refractivity contribution >= 4 is 28.3 Å². The first-order chi connectivity index (χ1) is 16.9. The van der Waals surface area contributed by atoms with E-state index in [0.717, 1.165) is 22.7 Å². The second kappa shape index (κ2) is 10.8. The van der Waals surface area contributed by atoms with E-state index in [1.54, 1.807) is 19.2 Å². The van der Waals surface area contributed by atoms with Gasteiger partial charge in [-0.15, -0.1) is 0 Å². The van der Waals surface area contributed by atoms with Gasteiger partial charge in [0.1, 0.15) is 29.4 Å². The number of carbonyl (C=O) groups excluding carboxylic acids is 1. The van der Waals surface area contributed by atoms with Crippen LogP contribution >= 0.6 is 0 Å². The van der Waals surface area contributed by atoms with Gasteiger partial charge in [0.25, 0.3) is 5.91 Å². The summed E-state index contributed by atoms with van der Waals surface area (Å²) >= 11 is 0. The molecule has 0 saturated carbocycles. The predicted octanol–water partition coefficient (Wildman–Crippen LogP) is 4.05. The lowest BCUT2D eigenvalue weighted by molar-refractivity contribution is -0.127. The molecule has 0 radical (unpaired) electrons. The van der Waals surface area contributed by atoms with Crippen LogP contribution < -0.4 is 20.1 Å². The van der Waals surface area contributed by atoms with Gasteiger partial charge < -0.3 is 25.2 Å². The van der Waals surface area contributed by atoms with Gasteiger partial charge in [-0.25, -0.2) is 9.97 Å². The van der Waals surface area contributed by atoms with Gasteiger partial charge in [-0.05, 0) is 68.8 Å². The molecule has 2 heterocycles. The van der Waals surface area contributed by atoms with Crippen molar-refractivity contribution in [1.29, 1.82) is 0 Å². The molecule has 0 fully saturated rings. The van der Waals surface area contributed by atoms with Crippen molar-refractivity contribution in [2.45, 2.75) is 26.9 Å². The fraction of sp³-hybridized carbons (Fsp3) is 0.231. The molecule has 0 aliphatic carbocycles. The molecule has 180 valence electrons. The topological polar surface area (TPSA) is 118 Å². The van der Waals surface area contributed by atoms with E-state index in [0.29, 0.717) is 28.2 Å². The molecule has 9 nitrogen and oxygen atoms in total. The van der Waals surface area contributed by atoms with E-state index in [9.17, 15) is 4.79 Å². The Morgan fingerprint density at radius 3 is 2.66 bits per heavy atom. The second-order valence-electron chi connectivity index (χ2n) is 7.99. The van der Waals surface area contributed by atoms with Crippen LogP contribution in [0.4, 0.5) is 11.5 Å². The summed E-state index contributed by atoms with van der Waals surface area (Å²) in [5.41, 5.74) is 3.33.